The third-order valence-corrected chi connectivity index (χ3v) is 3.52. The van der Waals surface area contributed by atoms with Gasteiger partial charge in [0.05, 0.1) is 6.42 Å². The summed E-state index contributed by atoms with van der Waals surface area (Å²) in [6, 6.07) is 14.6. The van der Waals surface area contributed by atoms with Crippen molar-refractivity contribution >= 4 is 16.8 Å². The molecule has 0 saturated heterocycles. The molecule has 0 spiro atoms. The van der Waals surface area contributed by atoms with Crippen LogP contribution >= 0.6 is 0 Å². The summed E-state index contributed by atoms with van der Waals surface area (Å²) in [5.74, 6) is -0.313. The van der Waals surface area contributed by atoms with Gasteiger partial charge in [0, 0.05) is 17.1 Å². The second kappa shape index (κ2) is 4.85. The number of amides is 1. The molecule has 0 radical (unpaired) electrons. The van der Waals surface area contributed by atoms with Gasteiger partial charge in [0.1, 0.15) is 0 Å². The number of aromatic nitrogens is 1. The first kappa shape index (κ1) is 12.5. The Morgan fingerprint density at radius 3 is 2.50 bits per heavy atom. The first-order chi connectivity index (χ1) is 9.63. The Labute approximate surface area is 117 Å². The highest BCUT2D eigenvalue weighted by atomic mass is 16.1. The lowest BCUT2D eigenvalue weighted by Crippen LogP contribution is -2.13. The zero-order valence-corrected chi connectivity index (χ0v) is 11.3. The van der Waals surface area contributed by atoms with Crippen LogP contribution in [0.2, 0.25) is 0 Å². The van der Waals surface area contributed by atoms with Gasteiger partial charge in [0.25, 0.3) is 0 Å². The van der Waals surface area contributed by atoms with E-state index in [2.05, 4.69) is 48.3 Å². The molecular formula is C17H16N2O. The molecule has 0 aliphatic carbocycles. The Morgan fingerprint density at radius 2 is 1.80 bits per heavy atom. The molecule has 0 unspecified atom stereocenters. The first-order valence-electron chi connectivity index (χ1n) is 6.59. The number of carbonyl (C=O) groups is 1. The maximum atomic E-state index is 11.1. The van der Waals surface area contributed by atoms with Crippen molar-refractivity contribution in [1.82, 2.24) is 4.98 Å². The van der Waals surface area contributed by atoms with E-state index in [4.69, 9.17) is 5.73 Å². The van der Waals surface area contributed by atoms with Gasteiger partial charge < -0.3 is 10.7 Å². The number of hydrogen-bond donors (Lipinski definition) is 2. The highest BCUT2D eigenvalue weighted by molar-refractivity contribution is 5.91. The van der Waals surface area contributed by atoms with E-state index < -0.39 is 0 Å². The molecule has 3 nitrogen and oxygen atoms in total. The summed E-state index contributed by atoms with van der Waals surface area (Å²) in [5.41, 5.74) is 10.8. The van der Waals surface area contributed by atoms with Crippen molar-refractivity contribution in [3.05, 3.63) is 59.8 Å². The van der Waals surface area contributed by atoms with Crippen LogP contribution in [0.25, 0.3) is 22.0 Å². The quantitative estimate of drug-likeness (QED) is 0.750. The molecule has 3 rings (SSSR count). The number of fused-ring (bicyclic) bond motifs is 1. The third-order valence-electron chi connectivity index (χ3n) is 3.52. The number of nitrogens with one attached hydrogen (secondary N) is 1. The summed E-state index contributed by atoms with van der Waals surface area (Å²) in [4.78, 5) is 14.3. The standard InChI is InChI=1S/C17H16N2O/c1-11-2-4-12(5-3-11)13-6-7-16-15(8-13)14(10-19-16)9-17(18)20/h2-8,10,19H,9H2,1H3,(H2,18,20). The summed E-state index contributed by atoms with van der Waals surface area (Å²) in [6.45, 7) is 2.07. The lowest BCUT2D eigenvalue weighted by atomic mass is 10.0. The van der Waals surface area contributed by atoms with Crippen LogP contribution in [0.5, 0.6) is 0 Å². The molecule has 0 aliphatic heterocycles. The van der Waals surface area contributed by atoms with E-state index in [1.54, 1.807) is 0 Å². The van der Waals surface area contributed by atoms with Crippen LogP contribution in [0.15, 0.2) is 48.7 Å². The molecule has 0 fully saturated rings. The number of aryl methyl sites for hydroxylation is 1. The fourth-order valence-corrected chi connectivity index (χ4v) is 2.44. The number of carbonyl (C=O) groups excluding carboxylic acids is 1. The maximum Gasteiger partial charge on any atom is 0.221 e. The summed E-state index contributed by atoms with van der Waals surface area (Å²) in [5, 5.41) is 1.06. The summed E-state index contributed by atoms with van der Waals surface area (Å²) in [6.07, 6.45) is 2.12. The molecule has 3 aromatic rings. The van der Waals surface area contributed by atoms with Crippen molar-refractivity contribution in [2.75, 3.05) is 0 Å². The van der Waals surface area contributed by atoms with E-state index in [9.17, 15) is 4.79 Å². The maximum absolute atomic E-state index is 11.1. The fraction of sp³-hybridized carbons (Fsp3) is 0.118. The van der Waals surface area contributed by atoms with E-state index in [1.165, 1.54) is 11.1 Å². The fourth-order valence-electron chi connectivity index (χ4n) is 2.44. The van der Waals surface area contributed by atoms with Gasteiger partial charge in [-0.1, -0.05) is 35.9 Å². The minimum absolute atomic E-state index is 0.261. The zero-order chi connectivity index (χ0) is 14.1. The molecule has 0 aliphatic rings. The molecule has 20 heavy (non-hydrogen) atoms. The monoisotopic (exact) mass is 264 g/mol. The second-order valence-corrected chi connectivity index (χ2v) is 5.08. The predicted octanol–water partition coefficient (Wildman–Crippen LogP) is 3.17. The normalized spacial score (nSPS) is 10.8. The summed E-state index contributed by atoms with van der Waals surface area (Å²) < 4.78 is 0. The van der Waals surface area contributed by atoms with Gasteiger partial charge in [0.15, 0.2) is 0 Å². The molecular weight excluding hydrogens is 248 g/mol. The van der Waals surface area contributed by atoms with Crippen molar-refractivity contribution in [1.29, 1.82) is 0 Å². The van der Waals surface area contributed by atoms with Gasteiger partial charge >= 0.3 is 0 Å². The lowest BCUT2D eigenvalue weighted by Gasteiger charge is -2.04. The second-order valence-electron chi connectivity index (χ2n) is 5.08. The van der Waals surface area contributed by atoms with Gasteiger partial charge in [0.2, 0.25) is 5.91 Å². The topological polar surface area (TPSA) is 58.9 Å². The van der Waals surface area contributed by atoms with E-state index in [0.717, 1.165) is 22.0 Å². The Bertz CT molecular complexity index is 769. The SMILES string of the molecule is Cc1ccc(-c2ccc3[nH]cc(CC(N)=O)c3c2)cc1. The Kier molecular flexibility index (Phi) is 3.03. The Morgan fingerprint density at radius 1 is 1.10 bits per heavy atom. The molecule has 3 heteroatoms. The van der Waals surface area contributed by atoms with Gasteiger partial charge in [-0.3, -0.25) is 4.79 Å². The van der Waals surface area contributed by atoms with Crippen LogP contribution in [-0.2, 0) is 11.2 Å². The molecule has 1 aromatic heterocycles. The van der Waals surface area contributed by atoms with Crippen molar-refractivity contribution in [2.45, 2.75) is 13.3 Å². The van der Waals surface area contributed by atoms with E-state index in [0.29, 0.717) is 0 Å². The Hall–Kier alpha value is -2.55. The molecule has 1 amide bonds. The highest BCUT2D eigenvalue weighted by Gasteiger charge is 2.08. The molecule has 2 aromatic carbocycles. The average molecular weight is 264 g/mol. The van der Waals surface area contributed by atoms with Crippen molar-refractivity contribution in [2.24, 2.45) is 5.73 Å². The van der Waals surface area contributed by atoms with Crippen molar-refractivity contribution in [3.63, 3.8) is 0 Å². The average Bonchev–Trinajstić information content (AvgIpc) is 2.81. The van der Waals surface area contributed by atoms with Crippen LogP contribution in [-0.4, -0.2) is 10.9 Å². The number of rotatable bonds is 3. The van der Waals surface area contributed by atoms with Crippen LogP contribution in [0.1, 0.15) is 11.1 Å². The predicted molar refractivity (Wildman–Crippen MR) is 81.4 cm³/mol. The number of benzene rings is 2. The molecule has 0 saturated carbocycles. The smallest absolute Gasteiger partial charge is 0.221 e. The van der Waals surface area contributed by atoms with Gasteiger partial charge in [-0.05, 0) is 35.7 Å². The Balaban J connectivity index is 2.09. The largest absolute Gasteiger partial charge is 0.369 e. The summed E-state index contributed by atoms with van der Waals surface area (Å²) >= 11 is 0. The lowest BCUT2D eigenvalue weighted by molar-refractivity contribution is -0.117. The number of aromatic amines is 1. The number of primary amides is 1. The van der Waals surface area contributed by atoms with E-state index in [-0.39, 0.29) is 12.3 Å². The molecule has 0 atom stereocenters. The molecule has 3 N–H and O–H groups in total. The highest BCUT2D eigenvalue weighted by Crippen LogP contribution is 2.26. The van der Waals surface area contributed by atoms with Gasteiger partial charge in [-0.15, -0.1) is 0 Å². The van der Waals surface area contributed by atoms with E-state index in [1.807, 2.05) is 12.3 Å². The first-order valence-corrected chi connectivity index (χ1v) is 6.59. The van der Waals surface area contributed by atoms with Crippen LogP contribution in [0, 0.1) is 6.92 Å². The van der Waals surface area contributed by atoms with Crippen LogP contribution in [0.4, 0.5) is 0 Å². The van der Waals surface area contributed by atoms with Crippen molar-refractivity contribution < 1.29 is 4.79 Å². The molecule has 100 valence electrons. The third kappa shape index (κ3) is 2.30. The summed E-state index contributed by atoms with van der Waals surface area (Å²) in [7, 11) is 0. The number of nitrogens with two attached hydrogens (primary N) is 1. The molecule has 1 heterocycles. The zero-order valence-electron chi connectivity index (χ0n) is 11.3. The minimum atomic E-state index is -0.313. The van der Waals surface area contributed by atoms with E-state index >= 15 is 0 Å². The van der Waals surface area contributed by atoms with Crippen LogP contribution < -0.4 is 5.73 Å². The minimum Gasteiger partial charge on any atom is -0.369 e. The van der Waals surface area contributed by atoms with Gasteiger partial charge in [-0.2, -0.15) is 0 Å². The van der Waals surface area contributed by atoms with Crippen molar-refractivity contribution in [3.8, 4) is 11.1 Å². The van der Waals surface area contributed by atoms with Crippen LogP contribution in [0.3, 0.4) is 0 Å². The number of H-pyrrole nitrogens is 1. The van der Waals surface area contributed by atoms with Gasteiger partial charge in [-0.25, -0.2) is 0 Å². The number of hydrogen-bond acceptors (Lipinski definition) is 1. The molecule has 0 bridgehead atoms.